The number of benzene rings is 1. The lowest BCUT2D eigenvalue weighted by molar-refractivity contribution is -0.121. The minimum atomic E-state index is -3.69. The zero-order valence-electron chi connectivity index (χ0n) is 15.4. The van der Waals surface area contributed by atoms with Crippen LogP contribution in [0.15, 0.2) is 34.5 Å². The van der Waals surface area contributed by atoms with Crippen LogP contribution in [0.2, 0.25) is 5.02 Å². The molecule has 27 heavy (non-hydrogen) atoms. The number of hydrogen-bond acceptors (Lipinski definition) is 5. The van der Waals surface area contributed by atoms with Crippen LogP contribution in [0.25, 0.3) is 0 Å². The number of anilines is 1. The van der Waals surface area contributed by atoms with Crippen molar-refractivity contribution in [1.82, 2.24) is 9.21 Å². The van der Waals surface area contributed by atoms with Crippen molar-refractivity contribution in [3.63, 3.8) is 0 Å². The van der Waals surface area contributed by atoms with E-state index >= 15 is 0 Å². The second-order valence-electron chi connectivity index (χ2n) is 6.69. The van der Waals surface area contributed by atoms with E-state index in [-0.39, 0.29) is 21.9 Å². The first kappa shape index (κ1) is 20.3. The Kier molecular flexibility index (Phi) is 5.93. The maximum Gasteiger partial charge on any atom is 0.244 e. The third-order valence-electron chi connectivity index (χ3n) is 4.72. The number of carbonyl (C=O) groups excluding carboxylic acids is 1. The van der Waals surface area contributed by atoms with E-state index in [1.807, 2.05) is 6.92 Å². The molecule has 1 aliphatic heterocycles. The van der Waals surface area contributed by atoms with Gasteiger partial charge in [-0.3, -0.25) is 9.69 Å². The number of amides is 1. The summed E-state index contributed by atoms with van der Waals surface area (Å²) in [4.78, 5) is 16.2. The van der Waals surface area contributed by atoms with Crippen LogP contribution in [0.1, 0.15) is 17.4 Å². The van der Waals surface area contributed by atoms with E-state index in [2.05, 4.69) is 21.7 Å². The van der Waals surface area contributed by atoms with E-state index in [1.165, 1.54) is 36.7 Å². The lowest BCUT2D eigenvalue weighted by Gasteiger charge is -2.31. The normalized spacial score (nSPS) is 16.2. The summed E-state index contributed by atoms with van der Waals surface area (Å²) in [6.45, 7) is 3.43. The van der Waals surface area contributed by atoms with Crippen molar-refractivity contribution < 1.29 is 13.2 Å². The summed E-state index contributed by atoms with van der Waals surface area (Å²) >= 11 is 7.81. The first-order valence-corrected chi connectivity index (χ1v) is 11.2. The Morgan fingerprint density at radius 3 is 2.78 bits per heavy atom. The van der Waals surface area contributed by atoms with E-state index < -0.39 is 10.0 Å². The van der Waals surface area contributed by atoms with Gasteiger partial charge < -0.3 is 5.32 Å². The average molecular weight is 428 g/mol. The van der Waals surface area contributed by atoms with Crippen molar-refractivity contribution in [3.8, 4) is 0 Å². The van der Waals surface area contributed by atoms with Crippen LogP contribution < -0.4 is 5.32 Å². The van der Waals surface area contributed by atoms with Crippen molar-refractivity contribution in [2.24, 2.45) is 0 Å². The van der Waals surface area contributed by atoms with Gasteiger partial charge in [-0.05, 0) is 48.6 Å². The van der Waals surface area contributed by atoms with Crippen LogP contribution in [0.4, 0.5) is 5.69 Å². The van der Waals surface area contributed by atoms with Crippen LogP contribution in [-0.4, -0.2) is 50.2 Å². The van der Waals surface area contributed by atoms with Gasteiger partial charge in [-0.25, -0.2) is 12.7 Å². The molecule has 2 heterocycles. The van der Waals surface area contributed by atoms with Crippen molar-refractivity contribution >= 4 is 44.6 Å². The van der Waals surface area contributed by atoms with Gasteiger partial charge in [0.2, 0.25) is 15.9 Å². The summed E-state index contributed by atoms with van der Waals surface area (Å²) in [5, 5.41) is 5.02. The average Bonchev–Trinajstić information content (AvgIpc) is 3.10. The number of halogens is 1. The molecule has 9 heteroatoms. The highest BCUT2D eigenvalue weighted by molar-refractivity contribution is 7.89. The minimum absolute atomic E-state index is 0.0273. The minimum Gasteiger partial charge on any atom is -0.325 e. The Hall–Kier alpha value is -1.45. The fourth-order valence-electron chi connectivity index (χ4n) is 2.99. The fraction of sp³-hybridized carbons (Fsp3) is 0.389. The largest absolute Gasteiger partial charge is 0.325 e. The molecule has 0 aliphatic carbocycles. The molecule has 0 spiro atoms. The molecule has 0 bridgehead atoms. The molecule has 1 aliphatic rings. The van der Waals surface area contributed by atoms with Crippen LogP contribution in [0, 0.1) is 0 Å². The molecule has 0 unspecified atom stereocenters. The van der Waals surface area contributed by atoms with Gasteiger partial charge in [0.25, 0.3) is 0 Å². The smallest absolute Gasteiger partial charge is 0.244 e. The molecule has 2 aromatic rings. The SMILES string of the molecule is C[C@H](C(=O)Nc1ccc(Cl)c(S(=O)(=O)N(C)C)c1)N1CCc2sccc2C1. The fourth-order valence-corrected chi connectivity index (χ4v) is 5.27. The molecule has 0 radical (unpaired) electrons. The van der Waals surface area contributed by atoms with Crippen molar-refractivity contribution in [3.05, 3.63) is 45.1 Å². The summed E-state index contributed by atoms with van der Waals surface area (Å²) < 4.78 is 25.9. The summed E-state index contributed by atoms with van der Waals surface area (Å²) in [5.41, 5.74) is 1.68. The van der Waals surface area contributed by atoms with E-state index in [9.17, 15) is 13.2 Å². The van der Waals surface area contributed by atoms with Crippen LogP contribution in [-0.2, 0) is 27.8 Å². The molecular formula is C18H22ClN3O3S2. The summed E-state index contributed by atoms with van der Waals surface area (Å²) in [5.74, 6) is -0.177. The zero-order chi connectivity index (χ0) is 19.8. The third-order valence-corrected chi connectivity index (χ3v) is 8.04. The van der Waals surface area contributed by atoms with Gasteiger partial charge >= 0.3 is 0 Å². The van der Waals surface area contributed by atoms with Crippen LogP contribution >= 0.6 is 22.9 Å². The van der Waals surface area contributed by atoms with Crippen LogP contribution in [0.5, 0.6) is 0 Å². The Morgan fingerprint density at radius 2 is 2.07 bits per heavy atom. The lowest BCUT2D eigenvalue weighted by Crippen LogP contribution is -2.44. The molecule has 1 amide bonds. The van der Waals surface area contributed by atoms with E-state index in [0.717, 1.165) is 23.8 Å². The zero-order valence-corrected chi connectivity index (χ0v) is 17.8. The monoisotopic (exact) mass is 427 g/mol. The first-order valence-electron chi connectivity index (χ1n) is 8.52. The topological polar surface area (TPSA) is 69.7 Å². The number of nitrogens with one attached hydrogen (secondary N) is 1. The molecule has 0 saturated carbocycles. The van der Waals surface area contributed by atoms with Crippen molar-refractivity contribution in [2.45, 2.75) is 30.8 Å². The number of rotatable bonds is 5. The highest BCUT2D eigenvalue weighted by atomic mass is 35.5. The molecule has 1 atom stereocenters. The Morgan fingerprint density at radius 1 is 1.33 bits per heavy atom. The maximum absolute atomic E-state index is 12.7. The highest BCUT2D eigenvalue weighted by Crippen LogP contribution is 2.28. The van der Waals surface area contributed by atoms with Crippen LogP contribution in [0.3, 0.4) is 0 Å². The van der Waals surface area contributed by atoms with Gasteiger partial charge in [0.05, 0.1) is 11.1 Å². The van der Waals surface area contributed by atoms with Gasteiger partial charge in [0.15, 0.2) is 0 Å². The molecule has 0 fully saturated rings. The predicted octanol–water partition coefficient (Wildman–Crippen LogP) is 3.04. The van der Waals surface area contributed by atoms with Gasteiger partial charge in [0, 0.05) is 37.7 Å². The predicted molar refractivity (Wildman–Crippen MR) is 109 cm³/mol. The summed E-state index contributed by atoms with van der Waals surface area (Å²) in [6.07, 6.45) is 0.941. The molecule has 1 aromatic carbocycles. The molecular weight excluding hydrogens is 406 g/mol. The van der Waals surface area contributed by atoms with E-state index in [0.29, 0.717) is 5.69 Å². The van der Waals surface area contributed by atoms with E-state index in [4.69, 9.17) is 11.6 Å². The number of nitrogens with zero attached hydrogens (tertiary/aromatic N) is 2. The maximum atomic E-state index is 12.7. The number of thiophene rings is 1. The molecule has 6 nitrogen and oxygen atoms in total. The van der Waals surface area contributed by atoms with Gasteiger partial charge in [0.1, 0.15) is 4.90 Å². The molecule has 3 rings (SSSR count). The Labute approximate surface area is 168 Å². The molecule has 1 N–H and O–H groups in total. The highest BCUT2D eigenvalue weighted by Gasteiger charge is 2.27. The van der Waals surface area contributed by atoms with E-state index in [1.54, 1.807) is 17.4 Å². The number of sulfonamides is 1. The number of fused-ring (bicyclic) bond motifs is 1. The summed E-state index contributed by atoms with van der Waals surface area (Å²) in [7, 11) is -0.816. The van der Waals surface area contributed by atoms with Crippen molar-refractivity contribution in [2.75, 3.05) is 26.0 Å². The number of carbonyl (C=O) groups is 1. The molecule has 0 saturated heterocycles. The quantitative estimate of drug-likeness (QED) is 0.796. The Bertz CT molecular complexity index is 957. The third kappa shape index (κ3) is 4.20. The standard InChI is InChI=1S/C18H22ClN3O3S2/c1-12(22-8-6-16-13(11-22)7-9-26-16)18(23)20-14-4-5-15(19)17(10-14)27(24,25)21(2)3/h4-5,7,9-10,12H,6,8,11H2,1-3H3,(H,20,23)/t12-/m1/s1. The number of hydrogen-bond donors (Lipinski definition) is 1. The second kappa shape index (κ2) is 7.89. The van der Waals surface area contributed by atoms with Gasteiger partial charge in [-0.2, -0.15) is 0 Å². The molecule has 1 aromatic heterocycles. The van der Waals surface area contributed by atoms with Gasteiger partial charge in [-0.15, -0.1) is 11.3 Å². The second-order valence-corrected chi connectivity index (χ2v) is 10.2. The van der Waals surface area contributed by atoms with Crippen molar-refractivity contribution in [1.29, 1.82) is 0 Å². The lowest BCUT2D eigenvalue weighted by atomic mass is 10.1. The first-order chi connectivity index (χ1) is 12.7. The Balaban J connectivity index is 1.75. The van der Waals surface area contributed by atoms with Gasteiger partial charge in [-0.1, -0.05) is 11.6 Å². The molecule has 146 valence electrons. The summed E-state index contributed by atoms with van der Waals surface area (Å²) in [6, 6.07) is 6.26.